The predicted molar refractivity (Wildman–Crippen MR) is 135 cm³/mol. The SMILES string of the molecule is CCN(C(=O)C(Cc1ccccc1)NC(=O)NS(=O)(=O)c1ccccc1C)c1ccc(OC(F)(F)F)cc1. The summed E-state index contributed by atoms with van der Waals surface area (Å²) in [5.41, 5.74) is 1.39. The Hall–Kier alpha value is -4.06. The molecule has 0 saturated carbocycles. The van der Waals surface area contributed by atoms with Gasteiger partial charge in [0.1, 0.15) is 11.8 Å². The Bertz CT molecular complexity index is 1360. The number of aryl methyl sites for hydroxylation is 1. The quantitative estimate of drug-likeness (QED) is 0.408. The third kappa shape index (κ3) is 7.72. The molecular formula is C26H26F3N3O5S. The van der Waals surface area contributed by atoms with Gasteiger partial charge in [0.25, 0.3) is 10.0 Å². The summed E-state index contributed by atoms with van der Waals surface area (Å²) >= 11 is 0. The number of ether oxygens (including phenoxy) is 1. The summed E-state index contributed by atoms with van der Waals surface area (Å²) in [5.74, 6) is -1.05. The van der Waals surface area contributed by atoms with E-state index < -0.39 is 40.1 Å². The van der Waals surface area contributed by atoms with E-state index in [1.54, 1.807) is 56.3 Å². The van der Waals surface area contributed by atoms with Crippen molar-refractivity contribution in [1.29, 1.82) is 0 Å². The molecule has 0 aromatic heterocycles. The van der Waals surface area contributed by atoms with Crippen LogP contribution in [0.25, 0.3) is 0 Å². The van der Waals surface area contributed by atoms with Gasteiger partial charge in [-0.05, 0) is 55.3 Å². The molecule has 0 fully saturated rings. The van der Waals surface area contributed by atoms with Crippen molar-refractivity contribution in [2.75, 3.05) is 11.4 Å². The Labute approximate surface area is 218 Å². The molecule has 0 spiro atoms. The largest absolute Gasteiger partial charge is 0.573 e. The fraction of sp³-hybridized carbons (Fsp3) is 0.231. The van der Waals surface area contributed by atoms with E-state index in [0.717, 1.165) is 12.1 Å². The number of urea groups is 1. The van der Waals surface area contributed by atoms with Crippen molar-refractivity contribution >= 4 is 27.6 Å². The summed E-state index contributed by atoms with van der Waals surface area (Å²) in [6, 6.07) is 17.3. The molecule has 0 bridgehead atoms. The second kappa shape index (κ2) is 12.0. The minimum absolute atomic E-state index is 0.0310. The highest BCUT2D eigenvalue weighted by molar-refractivity contribution is 7.90. The number of likely N-dealkylation sites (N-methyl/N-ethyl adjacent to an activating group) is 1. The number of hydrogen-bond donors (Lipinski definition) is 2. The molecule has 3 rings (SSSR count). The van der Waals surface area contributed by atoms with Crippen molar-refractivity contribution in [3.05, 3.63) is 90.0 Å². The highest BCUT2D eigenvalue weighted by Gasteiger charge is 2.32. The molecule has 1 unspecified atom stereocenters. The zero-order valence-corrected chi connectivity index (χ0v) is 21.3. The van der Waals surface area contributed by atoms with Crippen LogP contribution in [0.4, 0.5) is 23.7 Å². The molecule has 8 nitrogen and oxygen atoms in total. The number of carbonyl (C=O) groups is 2. The first-order chi connectivity index (χ1) is 17.9. The second-order valence-electron chi connectivity index (χ2n) is 8.21. The van der Waals surface area contributed by atoms with E-state index in [0.29, 0.717) is 11.1 Å². The normalized spacial score (nSPS) is 12.3. The van der Waals surface area contributed by atoms with Gasteiger partial charge in [0.05, 0.1) is 4.90 Å². The van der Waals surface area contributed by atoms with Gasteiger partial charge in [-0.3, -0.25) is 4.79 Å². The van der Waals surface area contributed by atoms with Crippen LogP contribution in [-0.2, 0) is 21.2 Å². The van der Waals surface area contributed by atoms with Crippen molar-refractivity contribution < 1.29 is 35.9 Å². The minimum atomic E-state index is -4.86. The summed E-state index contributed by atoms with van der Waals surface area (Å²) in [6.45, 7) is 3.35. The summed E-state index contributed by atoms with van der Waals surface area (Å²) in [5, 5.41) is 2.44. The Kier molecular flexibility index (Phi) is 9.00. The average Bonchev–Trinajstić information content (AvgIpc) is 2.84. The smallest absolute Gasteiger partial charge is 0.406 e. The number of sulfonamides is 1. The van der Waals surface area contributed by atoms with Crippen LogP contribution in [-0.4, -0.2) is 39.3 Å². The Morgan fingerprint density at radius 1 is 0.947 bits per heavy atom. The zero-order valence-electron chi connectivity index (χ0n) is 20.5. The Balaban J connectivity index is 1.84. The van der Waals surface area contributed by atoms with Gasteiger partial charge in [-0.2, -0.15) is 0 Å². The van der Waals surface area contributed by atoms with Crippen molar-refractivity contribution in [1.82, 2.24) is 10.0 Å². The predicted octanol–water partition coefficient (Wildman–Crippen LogP) is 4.55. The van der Waals surface area contributed by atoms with Gasteiger partial charge in [-0.1, -0.05) is 48.5 Å². The van der Waals surface area contributed by atoms with E-state index in [1.165, 1.54) is 29.2 Å². The highest BCUT2D eigenvalue weighted by atomic mass is 32.2. The lowest BCUT2D eigenvalue weighted by atomic mass is 10.0. The van der Waals surface area contributed by atoms with Gasteiger partial charge in [0.15, 0.2) is 0 Å². The molecule has 2 N–H and O–H groups in total. The summed E-state index contributed by atoms with van der Waals surface area (Å²) in [4.78, 5) is 27.5. The van der Waals surface area contributed by atoms with Crippen molar-refractivity contribution in [3.8, 4) is 5.75 Å². The van der Waals surface area contributed by atoms with Crippen LogP contribution in [0.3, 0.4) is 0 Å². The van der Waals surface area contributed by atoms with E-state index in [1.807, 2.05) is 4.72 Å². The maximum absolute atomic E-state index is 13.5. The van der Waals surface area contributed by atoms with Crippen LogP contribution in [0.15, 0.2) is 83.8 Å². The minimum Gasteiger partial charge on any atom is -0.406 e. The van der Waals surface area contributed by atoms with Crippen LogP contribution in [0.2, 0.25) is 0 Å². The molecule has 38 heavy (non-hydrogen) atoms. The molecule has 3 aromatic carbocycles. The van der Waals surface area contributed by atoms with Crippen LogP contribution in [0, 0.1) is 6.92 Å². The van der Waals surface area contributed by atoms with Crippen molar-refractivity contribution in [2.24, 2.45) is 0 Å². The highest BCUT2D eigenvalue weighted by Crippen LogP contribution is 2.26. The maximum Gasteiger partial charge on any atom is 0.573 e. The molecule has 1 atom stereocenters. The molecule has 0 aliphatic rings. The number of alkyl halides is 3. The molecule has 0 saturated heterocycles. The van der Waals surface area contributed by atoms with Crippen molar-refractivity contribution in [2.45, 2.75) is 37.6 Å². The Morgan fingerprint density at radius 3 is 2.13 bits per heavy atom. The maximum atomic E-state index is 13.5. The lowest BCUT2D eigenvalue weighted by Crippen LogP contribution is -2.53. The third-order valence-corrected chi connectivity index (χ3v) is 6.95. The van der Waals surface area contributed by atoms with Gasteiger partial charge in [-0.25, -0.2) is 17.9 Å². The summed E-state index contributed by atoms with van der Waals surface area (Å²) in [6.07, 6.45) is -4.83. The van der Waals surface area contributed by atoms with E-state index in [9.17, 15) is 31.2 Å². The second-order valence-corrected chi connectivity index (χ2v) is 9.86. The molecule has 3 aromatic rings. The first kappa shape index (κ1) is 28.5. The number of nitrogens with one attached hydrogen (secondary N) is 2. The number of nitrogens with zero attached hydrogens (tertiary/aromatic N) is 1. The molecule has 0 aliphatic carbocycles. The number of halogens is 3. The first-order valence-electron chi connectivity index (χ1n) is 11.5. The van der Waals surface area contributed by atoms with Crippen molar-refractivity contribution in [3.63, 3.8) is 0 Å². The lowest BCUT2D eigenvalue weighted by Gasteiger charge is -2.27. The van der Waals surface area contributed by atoms with Gasteiger partial charge in [0.2, 0.25) is 5.91 Å². The summed E-state index contributed by atoms with van der Waals surface area (Å²) < 4.78 is 68.8. The fourth-order valence-electron chi connectivity index (χ4n) is 3.75. The molecule has 3 amide bonds. The van der Waals surface area contributed by atoms with E-state index in [2.05, 4.69) is 10.1 Å². The van der Waals surface area contributed by atoms with E-state index in [-0.39, 0.29) is 23.5 Å². The van der Waals surface area contributed by atoms with Crippen LogP contribution in [0.1, 0.15) is 18.1 Å². The third-order valence-electron chi connectivity index (χ3n) is 5.46. The number of rotatable bonds is 9. The molecule has 0 heterocycles. The van der Waals surface area contributed by atoms with Gasteiger partial charge in [0, 0.05) is 18.7 Å². The van der Waals surface area contributed by atoms with Gasteiger partial charge >= 0.3 is 12.4 Å². The molecular weight excluding hydrogens is 523 g/mol. The van der Waals surface area contributed by atoms with Gasteiger partial charge in [-0.15, -0.1) is 13.2 Å². The van der Waals surface area contributed by atoms with Crippen LogP contribution in [0.5, 0.6) is 5.75 Å². The number of carbonyl (C=O) groups excluding carboxylic acids is 2. The van der Waals surface area contributed by atoms with E-state index in [4.69, 9.17) is 0 Å². The molecule has 12 heteroatoms. The first-order valence-corrected chi connectivity index (χ1v) is 13.0. The summed E-state index contributed by atoms with van der Waals surface area (Å²) in [7, 11) is -4.22. The standard InChI is InChI=1S/C26H26F3N3O5S/c1-3-32(20-13-15-21(16-14-20)37-26(27,28)29)24(33)22(17-19-10-5-4-6-11-19)30-25(34)31-38(35,36)23-12-8-7-9-18(23)2/h4-16,22H,3,17H2,1-2H3,(H2,30,31,34). The monoisotopic (exact) mass is 549 g/mol. The molecule has 0 aliphatic heterocycles. The lowest BCUT2D eigenvalue weighted by molar-refractivity contribution is -0.274. The molecule has 0 radical (unpaired) electrons. The number of hydrogen-bond acceptors (Lipinski definition) is 5. The van der Waals surface area contributed by atoms with Crippen LogP contribution < -0.4 is 19.7 Å². The molecule has 202 valence electrons. The topological polar surface area (TPSA) is 105 Å². The zero-order chi connectivity index (χ0) is 27.9. The average molecular weight is 550 g/mol. The van der Waals surface area contributed by atoms with Gasteiger partial charge < -0.3 is 15.0 Å². The van der Waals surface area contributed by atoms with Crippen LogP contribution >= 0.6 is 0 Å². The number of benzene rings is 3. The Morgan fingerprint density at radius 2 is 1.55 bits per heavy atom. The fourth-order valence-corrected chi connectivity index (χ4v) is 4.92. The van der Waals surface area contributed by atoms with E-state index >= 15 is 0 Å². The number of anilines is 1. The number of amides is 3.